The number of hydrogen-bond acceptors (Lipinski definition) is 5. The second-order valence-corrected chi connectivity index (χ2v) is 8.75. The van der Waals surface area contributed by atoms with Gasteiger partial charge in [-0.05, 0) is 43.5 Å². The second kappa shape index (κ2) is 8.92. The van der Waals surface area contributed by atoms with E-state index < -0.39 is 0 Å². The van der Waals surface area contributed by atoms with Crippen molar-refractivity contribution in [3.05, 3.63) is 64.9 Å². The fourth-order valence-corrected chi connectivity index (χ4v) is 4.50. The summed E-state index contributed by atoms with van der Waals surface area (Å²) in [6.07, 6.45) is 8.06. The number of ether oxygens (including phenoxy) is 1. The molecule has 0 radical (unpaired) electrons. The molecule has 0 aliphatic carbocycles. The lowest BCUT2D eigenvalue weighted by Crippen LogP contribution is -2.19. The monoisotopic (exact) mass is 461 g/mol. The van der Waals surface area contributed by atoms with Crippen LogP contribution in [0, 0.1) is 0 Å². The lowest BCUT2D eigenvalue weighted by Gasteiger charge is -2.23. The number of ketones is 1. The molecule has 1 unspecified atom stereocenters. The fourth-order valence-electron chi connectivity index (χ4n) is 4.24. The second-order valence-electron chi connectivity index (χ2n) is 8.34. The Hall–Kier alpha value is -3.29. The van der Waals surface area contributed by atoms with Crippen LogP contribution in [0.15, 0.2) is 53.8 Å². The molecule has 7 nitrogen and oxygen atoms in total. The molecule has 168 valence electrons. The van der Waals surface area contributed by atoms with Crippen LogP contribution >= 0.6 is 11.6 Å². The average Bonchev–Trinajstić information content (AvgIpc) is 3.28. The van der Waals surface area contributed by atoms with Gasteiger partial charge < -0.3 is 9.64 Å². The van der Waals surface area contributed by atoms with E-state index in [9.17, 15) is 4.79 Å². The molecule has 33 heavy (non-hydrogen) atoms. The average molecular weight is 462 g/mol. The van der Waals surface area contributed by atoms with Crippen LogP contribution in [0.2, 0.25) is 5.02 Å². The van der Waals surface area contributed by atoms with Crippen LogP contribution in [0.25, 0.3) is 21.8 Å². The number of rotatable bonds is 5. The first-order valence-electron chi connectivity index (χ1n) is 10.9. The number of hydrogen-bond donors (Lipinski definition) is 0. The Morgan fingerprint density at radius 1 is 1.21 bits per heavy atom. The minimum Gasteiger partial charge on any atom is -0.369 e. The number of halogens is 1. The van der Waals surface area contributed by atoms with E-state index in [1.807, 2.05) is 54.0 Å². The van der Waals surface area contributed by atoms with Crippen molar-refractivity contribution in [3.63, 3.8) is 0 Å². The summed E-state index contributed by atoms with van der Waals surface area (Å²) in [6.45, 7) is 0.724. The zero-order valence-corrected chi connectivity index (χ0v) is 19.3. The van der Waals surface area contributed by atoms with Crippen LogP contribution in [0.1, 0.15) is 41.4 Å². The first kappa shape index (κ1) is 21.6. The summed E-state index contributed by atoms with van der Waals surface area (Å²) in [4.78, 5) is 24.7. The van der Waals surface area contributed by atoms with Crippen LogP contribution in [-0.2, 0) is 4.74 Å². The summed E-state index contributed by atoms with van der Waals surface area (Å²) in [5, 5.41) is 6.49. The van der Waals surface area contributed by atoms with Crippen molar-refractivity contribution in [1.29, 1.82) is 0 Å². The van der Waals surface area contributed by atoms with Gasteiger partial charge >= 0.3 is 0 Å². The SMILES string of the molecule is CN(C)/C=N/c1c(C(=O)c2cccc3c2cnn3C2CCCCO2)cc(Cl)c2ncccc12. The van der Waals surface area contributed by atoms with E-state index in [-0.39, 0.29) is 12.0 Å². The molecule has 1 atom stereocenters. The number of aliphatic imine (C=N–C) groups is 1. The fraction of sp³-hybridized carbons (Fsp3) is 0.280. The van der Waals surface area contributed by atoms with Gasteiger partial charge in [0, 0.05) is 43.2 Å². The smallest absolute Gasteiger partial charge is 0.196 e. The number of pyridine rings is 1. The Morgan fingerprint density at radius 3 is 2.88 bits per heavy atom. The van der Waals surface area contributed by atoms with Crippen molar-refractivity contribution in [1.82, 2.24) is 19.7 Å². The largest absolute Gasteiger partial charge is 0.369 e. The Bertz CT molecular complexity index is 1370. The number of carbonyl (C=O) groups excluding carboxylic acids is 1. The third-order valence-electron chi connectivity index (χ3n) is 5.79. The lowest BCUT2D eigenvalue weighted by atomic mass is 9.97. The molecule has 5 rings (SSSR count). The van der Waals surface area contributed by atoms with Crippen molar-refractivity contribution in [2.45, 2.75) is 25.5 Å². The predicted molar refractivity (Wildman–Crippen MR) is 131 cm³/mol. The summed E-state index contributed by atoms with van der Waals surface area (Å²) < 4.78 is 7.80. The minimum atomic E-state index is -0.164. The van der Waals surface area contributed by atoms with E-state index in [0.29, 0.717) is 27.4 Å². The van der Waals surface area contributed by atoms with Gasteiger partial charge in [-0.2, -0.15) is 5.10 Å². The molecule has 1 fully saturated rings. The van der Waals surface area contributed by atoms with Crippen molar-refractivity contribution in [2.24, 2.45) is 4.99 Å². The van der Waals surface area contributed by atoms with Gasteiger partial charge in [0.15, 0.2) is 12.0 Å². The Kier molecular flexibility index (Phi) is 5.83. The summed E-state index contributed by atoms with van der Waals surface area (Å²) in [6, 6.07) is 11.0. The molecule has 4 aromatic rings. The van der Waals surface area contributed by atoms with E-state index in [1.54, 1.807) is 24.8 Å². The number of fused-ring (bicyclic) bond motifs is 2. The van der Waals surface area contributed by atoms with Crippen LogP contribution in [0.3, 0.4) is 0 Å². The third-order valence-corrected chi connectivity index (χ3v) is 6.08. The first-order chi connectivity index (χ1) is 16.0. The van der Waals surface area contributed by atoms with Crippen molar-refractivity contribution >= 4 is 51.2 Å². The molecule has 0 saturated carbocycles. The van der Waals surface area contributed by atoms with Gasteiger partial charge in [-0.1, -0.05) is 23.7 Å². The van der Waals surface area contributed by atoms with Crippen molar-refractivity contribution in [2.75, 3.05) is 20.7 Å². The van der Waals surface area contributed by atoms with E-state index in [0.717, 1.165) is 42.2 Å². The highest BCUT2D eigenvalue weighted by atomic mass is 35.5. The highest BCUT2D eigenvalue weighted by molar-refractivity contribution is 6.37. The zero-order chi connectivity index (χ0) is 22.9. The molecule has 1 saturated heterocycles. The van der Waals surface area contributed by atoms with E-state index in [1.165, 1.54) is 0 Å². The molecular formula is C25H24ClN5O2. The molecule has 2 aromatic heterocycles. The number of benzene rings is 2. The predicted octanol–water partition coefficient (Wildman–Crippen LogP) is 5.39. The van der Waals surface area contributed by atoms with Gasteiger partial charge in [-0.3, -0.25) is 9.78 Å². The molecule has 0 spiro atoms. The van der Waals surface area contributed by atoms with Gasteiger partial charge in [0.2, 0.25) is 0 Å². The molecule has 1 aliphatic rings. The Labute approximate surface area is 196 Å². The maximum Gasteiger partial charge on any atom is 0.196 e. The van der Waals surface area contributed by atoms with Crippen LogP contribution in [0.5, 0.6) is 0 Å². The topological polar surface area (TPSA) is 72.6 Å². The molecule has 3 heterocycles. The van der Waals surface area contributed by atoms with Gasteiger partial charge in [0.25, 0.3) is 0 Å². The minimum absolute atomic E-state index is 0.108. The summed E-state index contributed by atoms with van der Waals surface area (Å²) >= 11 is 6.54. The number of nitrogens with zero attached hydrogens (tertiary/aromatic N) is 5. The zero-order valence-electron chi connectivity index (χ0n) is 18.5. The summed E-state index contributed by atoms with van der Waals surface area (Å²) in [5.74, 6) is -0.164. The third kappa shape index (κ3) is 3.98. The van der Waals surface area contributed by atoms with E-state index in [2.05, 4.69) is 15.1 Å². The molecule has 1 aliphatic heterocycles. The number of aromatic nitrogens is 3. The molecule has 0 amide bonds. The molecule has 2 aromatic carbocycles. The van der Waals surface area contributed by atoms with Gasteiger partial charge in [-0.25, -0.2) is 9.67 Å². The van der Waals surface area contributed by atoms with Gasteiger partial charge in [0.1, 0.15) is 0 Å². The van der Waals surface area contributed by atoms with E-state index in [4.69, 9.17) is 16.3 Å². The lowest BCUT2D eigenvalue weighted by molar-refractivity contribution is -0.0366. The maximum absolute atomic E-state index is 13.9. The maximum atomic E-state index is 13.9. The molecule has 8 heteroatoms. The van der Waals surface area contributed by atoms with Crippen LogP contribution in [0.4, 0.5) is 5.69 Å². The van der Waals surface area contributed by atoms with Gasteiger partial charge in [-0.15, -0.1) is 0 Å². The van der Waals surface area contributed by atoms with Crippen LogP contribution < -0.4 is 0 Å². The van der Waals surface area contributed by atoms with Gasteiger partial charge in [0.05, 0.1) is 39.8 Å². The first-order valence-corrected chi connectivity index (χ1v) is 11.3. The van der Waals surface area contributed by atoms with Crippen LogP contribution in [-0.4, -0.2) is 52.5 Å². The standard InChI is InChI=1S/C25H24ClN5O2/c1-30(2)15-28-23-17-8-6-11-27-24(17)20(26)13-18(23)25(32)16-7-5-9-21-19(16)14-29-31(21)22-10-3-4-12-33-22/h5-9,11,13-15,22H,3-4,10,12H2,1-2H3/b28-15+. The normalized spacial score (nSPS) is 16.6. The Balaban J connectivity index is 1.66. The molecule has 0 N–H and O–H groups in total. The number of carbonyl (C=O) groups is 1. The quantitative estimate of drug-likeness (QED) is 0.226. The summed E-state index contributed by atoms with van der Waals surface area (Å²) in [7, 11) is 3.76. The van der Waals surface area contributed by atoms with Crippen molar-refractivity contribution < 1.29 is 9.53 Å². The highest BCUT2D eigenvalue weighted by Crippen LogP contribution is 2.36. The molecule has 0 bridgehead atoms. The summed E-state index contributed by atoms with van der Waals surface area (Å²) in [5.41, 5.74) is 3.01. The molecular weight excluding hydrogens is 438 g/mol. The highest BCUT2D eigenvalue weighted by Gasteiger charge is 2.24. The van der Waals surface area contributed by atoms with Crippen molar-refractivity contribution in [3.8, 4) is 0 Å². The van der Waals surface area contributed by atoms with E-state index >= 15 is 0 Å². The Morgan fingerprint density at radius 2 is 2.09 bits per heavy atom.